The van der Waals surface area contributed by atoms with Gasteiger partial charge in [-0.3, -0.25) is 0 Å². The molecule has 0 saturated carbocycles. The van der Waals surface area contributed by atoms with Gasteiger partial charge in [0.15, 0.2) is 0 Å². The molecule has 2 rings (SSSR count). The summed E-state index contributed by atoms with van der Waals surface area (Å²) >= 11 is 0. The molecule has 0 aliphatic carbocycles. The maximum Gasteiger partial charge on any atom is 0.113 e. The van der Waals surface area contributed by atoms with Gasteiger partial charge in [-0.2, -0.15) is 0 Å². The first-order valence-electron chi connectivity index (χ1n) is 4.47. The first-order valence-corrected chi connectivity index (χ1v) is 4.47. The molecule has 0 amide bonds. The molecule has 2 aromatic rings. The molecule has 0 atom stereocenters. The fraction of sp³-hybridized carbons (Fsp3) is 0.200. The van der Waals surface area contributed by atoms with Gasteiger partial charge in [-0.15, -0.1) is 5.10 Å². The van der Waals surface area contributed by atoms with E-state index in [0.29, 0.717) is 6.67 Å². The molecule has 2 N–H and O–H groups in total. The van der Waals surface area contributed by atoms with Crippen LogP contribution in [0.5, 0.6) is 0 Å². The summed E-state index contributed by atoms with van der Waals surface area (Å²) in [6, 6.07) is 8.08. The van der Waals surface area contributed by atoms with E-state index in [9.17, 15) is 0 Å². The van der Waals surface area contributed by atoms with Crippen LogP contribution in [-0.2, 0) is 6.67 Å². The minimum Gasteiger partial charge on any atom is -0.312 e. The summed E-state index contributed by atoms with van der Waals surface area (Å²) in [6.45, 7) is 2.41. The van der Waals surface area contributed by atoms with Crippen molar-refractivity contribution in [1.29, 1.82) is 0 Å². The SMILES string of the molecule is Cc1ccccc1-c1cn(CN)nn1. The number of benzene rings is 1. The Labute approximate surface area is 82.4 Å². The molecule has 1 heterocycles. The van der Waals surface area contributed by atoms with Crippen molar-refractivity contribution in [3.8, 4) is 11.3 Å². The number of nitrogens with two attached hydrogens (primary N) is 1. The van der Waals surface area contributed by atoms with Gasteiger partial charge in [0.1, 0.15) is 5.69 Å². The summed E-state index contributed by atoms with van der Waals surface area (Å²) in [4.78, 5) is 0. The highest BCUT2D eigenvalue weighted by molar-refractivity contribution is 5.61. The molecule has 0 spiro atoms. The van der Waals surface area contributed by atoms with Crippen LogP contribution < -0.4 is 5.73 Å². The number of hydrogen-bond donors (Lipinski definition) is 1. The Bertz CT molecular complexity index is 433. The average Bonchev–Trinajstić information content (AvgIpc) is 2.67. The third kappa shape index (κ3) is 1.52. The van der Waals surface area contributed by atoms with Gasteiger partial charge in [0.05, 0.1) is 12.9 Å². The van der Waals surface area contributed by atoms with E-state index in [2.05, 4.69) is 23.3 Å². The van der Waals surface area contributed by atoms with E-state index >= 15 is 0 Å². The zero-order valence-corrected chi connectivity index (χ0v) is 8.01. The predicted molar refractivity (Wildman–Crippen MR) is 54.4 cm³/mol. The smallest absolute Gasteiger partial charge is 0.113 e. The van der Waals surface area contributed by atoms with Crippen molar-refractivity contribution >= 4 is 0 Å². The molecule has 0 aliphatic heterocycles. The maximum atomic E-state index is 5.44. The number of rotatable bonds is 2. The highest BCUT2D eigenvalue weighted by Gasteiger charge is 2.04. The second-order valence-corrected chi connectivity index (χ2v) is 3.14. The van der Waals surface area contributed by atoms with Crippen molar-refractivity contribution in [1.82, 2.24) is 15.0 Å². The quantitative estimate of drug-likeness (QED) is 0.769. The summed E-state index contributed by atoms with van der Waals surface area (Å²) in [5.41, 5.74) is 8.60. The predicted octanol–water partition coefficient (Wildman–Crippen LogP) is 1.17. The Balaban J connectivity index is 2.44. The molecule has 1 aromatic carbocycles. The lowest BCUT2D eigenvalue weighted by Crippen LogP contribution is -2.06. The fourth-order valence-electron chi connectivity index (χ4n) is 1.37. The number of hydrogen-bond acceptors (Lipinski definition) is 3. The second kappa shape index (κ2) is 3.59. The number of aromatic nitrogens is 3. The standard InChI is InChI=1S/C10H12N4/c1-8-4-2-3-5-9(8)10-6-14(7-11)13-12-10/h2-6H,7,11H2,1H3. The third-order valence-electron chi connectivity index (χ3n) is 2.15. The van der Waals surface area contributed by atoms with Crippen molar-refractivity contribution in [2.45, 2.75) is 13.6 Å². The maximum absolute atomic E-state index is 5.44. The van der Waals surface area contributed by atoms with Crippen molar-refractivity contribution < 1.29 is 0 Å². The summed E-state index contributed by atoms with van der Waals surface area (Å²) in [6.07, 6.45) is 1.85. The van der Waals surface area contributed by atoms with E-state index in [1.807, 2.05) is 24.4 Å². The van der Waals surface area contributed by atoms with Gasteiger partial charge in [0.2, 0.25) is 0 Å². The second-order valence-electron chi connectivity index (χ2n) is 3.14. The minimum absolute atomic E-state index is 0.360. The van der Waals surface area contributed by atoms with Crippen LogP contribution in [0.25, 0.3) is 11.3 Å². The van der Waals surface area contributed by atoms with Gasteiger partial charge in [-0.05, 0) is 12.5 Å². The van der Waals surface area contributed by atoms with Crippen molar-refractivity contribution in [3.63, 3.8) is 0 Å². The van der Waals surface area contributed by atoms with Crippen LogP contribution in [0.4, 0.5) is 0 Å². The topological polar surface area (TPSA) is 56.7 Å². The number of nitrogens with zero attached hydrogens (tertiary/aromatic N) is 3. The molecule has 0 radical (unpaired) electrons. The summed E-state index contributed by atoms with van der Waals surface area (Å²) in [5, 5.41) is 7.94. The van der Waals surface area contributed by atoms with Gasteiger partial charge in [-0.1, -0.05) is 29.5 Å². The lowest BCUT2D eigenvalue weighted by molar-refractivity contribution is 0.608. The Morgan fingerprint density at radius 1 is 1.36 bits per heavy atom. The van der Waals surface area contributed by atoms with E-state index in [0.717, 1.165) is 11.3 Å². The van der Waals surface area contributed by atoms with Gasteiger partial charge in [-0.25, -0.2) is 4.68 Å². The van der Waals surface area contributed by atoms with E-state index in [1.165, 1.54) is 5.56 Å². The normalized spacial score (nSPS) is 10.4. The van der Waals surface area contributed by atoms with E-state index < -0.39 is 0 Å². The Morgan fingerprint density at radius 3 is 2.79 bits per heavy atom. The molecule has 0 saturated heterocycles. The third-order valence-corrected chi connectivity index (χ3v) is 2.15. The zero-order valence-electron chi connectivity index (χ0n) is 8.01. The molecular weight excluding hydrogens is 176 g/mol. The zero-order chi connectivity index (χ0) is 9.97. The first-order chi connectivity index (χ1) is 6.81. The molecule has 0 aliphatic rings. The summed E-state index contributed by atoms with van der Waals surface area (Å²) in [7, 11) is 0. The van der Waals surface area contributed by atoms with Gasteiger partial charge < -0.3 is 5.73 Å². The Morgan fingerprint density at radius 2 is 2.14 bits per heavy atom. The van der Waals surface area contributed by atoms with Crippen molar-refractivity contribution in [2.75, 3.05) is 0 Å². The Kier molecular flexibility index (Phi) is 2.28. The van der Waals surface area contributed by atoms with Crippen LogP contribution >= 0.6 is 0 Å². The highest BCUT2D eigenvalue weighted by Crippen LogP contribution is 2.19. The fourth-order valence-corrected chi connectivity index (χ4v) is 1.37. The summed E-state index contributed by atoms with van der Waals surface area (Å²) < 4.78 is 1.61. The minimum atomic E-state index is 0.360. The molecular formula is C10H12N4. The lowest BCUT2D eigenvalue weighted by atomic mass is 10.1. The molecule has 72 valence electrons. The first kappa shape index (κ1) is 8.90. The van der Waals surface area contributed by atoms with Crippen LogP contribution in [0.3, 0.4) is 0 Å². The average molecular weight is 188 g/mol. The monoisotopic (exact) mass is 188 g/mol. The van der Waals surface area contributed by atoms with E-state index in [4.69, 9.17) is 5.73 Å². The highest BCUT2D eigenvalue weighted by atomic mass is 15.4. The lowest BCUT2D eigenvalue weighted by Gasteiger charge is -1.99. The Hall–Kier alpha value is -1.68. The van der Waals surface area contributed by atoms with Crippen molar-refractivity contribution in [2.24, 2.45) is 5.73 Å². The van der Waals surface area contributed by atoms with Crippen LogP contribution in [0.2, 0.25) is 0 Å². The van der Waals surface area contributed by atoms with Crippen LogP contribution in [0.15, 0.2) is 30.5 Å². The molecule has 1 aromatic heterocycles. The molecule has 0 bridgehead atoms. The molecule has 14 heavy (non-hydrogen) atoms. The van der Waals surface area contributed by atoms with E-state index in [-0.39, 0.29) is 0 Å². The molecule has 0 unspecified atom stereocenters. The van der Waals surface area contributed by atoms with Crippen LogP contribution in [0.1, 0.15) is 5.56 Å². The number of aryl methyl sites for hydroxylation is 1. The van der Waals surface area contributed by atoms with Crippen LogP contribution in [0, 0.1) is 6.92 Å². The molecule has 4 nitrogen and oxygen atoms in total. The van der Waals surface area contributed by atoms with Crippen molar-refractivity contribution in [3.05, 3.63) is 36.0 Å². The van der Waals surface area contributed by atoms with Gasteiger partial charge in [0.25, 0.3) is 0 Å². The summed E-state index contributed by atoms with van der Waals surface area (Å²) in [5.74, 6) is 0. The molecule has 4 heteroatoms. The van der Waals surface area contributed by atoms with Gasteiger partial charge >= 0.3 is 0 Å². The van der Waals surface area contributed by atoms with Crippen LogP contribution in [-0.4, -0.2) is 15.0 Å². The van der Waals surface area contributed by atoms with Gasteiger partial charge in [0, 0.05) is 5.56 Å². The van der Waals surface area contributed by atoms with E-state index in [1.54, 1.807) is 4.68 Å². The molecule has 0 fully saturated rings. The largest absolute Gasteiger partial charge is 0.312 e.